The summed E-state index contributed by atoms with van der Waals surface area (Å²) in [6.07, 6.45) is 0.681. The van der Waals surface area contributed by atoms with Crippen LogP contribution in [0.1, 0.15) is 10.4 Å². The maximum absolute atomic E-state index is 11.9. The number of halogens is 2. The van der Waals surface area contributed by atoms with Gasteiger partial charge in [0.1, 0.15) is 0 Å². The van der Waals surface area contributed by atoms with Crippen LogP contribution in [0.2, 0.25) is 5.02 Å². The Morgan fingerprint density at radius 1 is 1.30 bits per heavy atom. The van der Waals surface area contributed by atoms with Crippen LogP contribution in [-0.4, -0.2) is 25.9 Å². The number of carbonyl (C=O) groups excluding carboxylic acids is 2. The van der Waals surface area contributed by atoms with Crippen LogP contribution in [0.3, 0.4) is 0 Å². The molecule has 0 radical (unpaired) electrons. The summed E-state index contributed by atoms with van der Waals surface area (Å²) in [6, 6.07) is 9.99. The van der Waals surface area contributed by atoms with Crippen LogP contribution in [0.15, 0.2) is 40.9 Å². The van der Waals surface area contributed by atoms with Crippen LogP contribution < -0.4 is 14.8 Å². The Kier molecular flexibility index (Phi) is 6.01. The quantitative estimate of drug-likeness (QED) is 0.749. The predicted octanol–water partition coefficient (Wildman–Crippen LogP) is 3.94. The van der Waals surface area contributed by atoms with Crippen molar-refractivity contribution in [1.82, 2.24) is 0 Å². The number of ether oxygens (including phenoxy) is 2. The van der Waals surface area contributed by atoms with E-state index in [4.69, 9.17) is 21.1 Å². The molecule has 0 fully saturated rings. The zero-order valence-corrected chi connectivity index (χ0v) is 14.5. The summed E-state index contributed by atoms with van der Waals surface area (Å²) < 4.78 is 11.2. The number of para-hydroxylation sites is 1. The summed E-state index contributed by atoms with van der Waals surface area (Å²) in [5.74, 6) is 0.329. The van der Waals surface area contributed by atoms with E-state index in [2.05, 4.69) is 21.2 Å². The molecule has 1 N–H and O–H groups in total. The van der Waals surface area contributed by atoms with Gasteiger partial charge in [0, 0.05) is 10.0 Å². The fraction of sp³-hybridized carbons (Fsp3) is 0.125. The van der Waals surface area contributed by atoms with Gasteiger partial charge < -0.3 is 14.8 Å². The van der Waals surface area contributed by atoms with Crippen molar-refractivity contribution in [2.24, 2.45) is 0 Å². The number of benzene rings is 2. The van der Waals surface area contributed by atoms with Gasteiger partial charge in [-0.1, -0.05) is 23.7 Å². The van der Waals surface area contributed by atoms with Gasteiger partial charge in [-0.3, -0.25) is 9.59 Å². The van der Waals surface area contributed by atoms with Crippen LogP contribution in [0.25, 0.3) is 0 Å². The molecule has 2 aromatic rings. The number of amides is 1. The van der Waals surface area contributed by atoms with E-state index in [1.807, 2.05) is 0 Å². The van der Waals surface area contributed by atoms with Gasteiger partial charge in [0.2, 0.25) is 0 Å². The summed E-state index contributed by atoms with van der Waals surface area (Å²) >= 11 is 9.22. The van der Waals surface area contributed by atoms with Crippen molar-refractivity contribution in [2.45, 2.75) is 0 Å². The maximum atomic E-state index is 11.9. The second-order valence-electron chi connectivity index (χ2n) is 4.46. The molecule has 0 bridgehead atoms. The first-order chi connectivity index (χ1) is 11.0. The van der Waals surface area contributed by atoms with E-state index in [-0.39, 0.29) is 12.5 Å². The highest BCUT2D eigenvalue weighted by atomic mass is 79.9. The van der Waals surface area contributed by atoms with E-state index >= 15 is 0 Å². The number of rotatable bonds is 6. The summed E-state index contributed by atoms with van der Waals surface area (Å²) in [7, 11) is 1.47. The molecule has 0 unspecified atom stereocenters. The second-order valence-corrected chi connectivity index (χ2v) is 5.72. The van der Waals surface area contributed by atoms with E-state index in [9.17, 15) is 9.59 Å². The molecule has 23 heavy (non-hydrogen) atoms. The molecule has 0 saturated heterocycles. The third-order valence-electron chi connectivity index (χ3n) is 2.92. The number of hydrogen-bond donors (Lipinski definition) is 1. The lowest BCUT2D eigenvalue weighted by Crippen LogP contribution is -2.20. The van der Waals surface area contributed by atoms with Gasteiger partial charge in [0.25, 0.3) is 5.91 Å². The fourth-order valence-electron chi connectivity index (χ4n) is 1.81. The minimum absolute atomic E-state index is 0.248. The Morgan fingerprint density at radius 3 is 2.70 bits per heavy atom. The van der Waals surface area contributed by atoms with Gasteiger partial charge in [-0.2, -0.15) is 0 Å². The van der Waals surface area contributed by atoms with Crippen molar-refractivity contribution in [3.63, 3.8) is 0 Å². The maximum Gasteiger partial charge on any atom is 0.262 e. The van der Waals surface area contributed by atoms with Gasteiger partial charge in [-0.25, -0.2) is 0 Å². The highest BCUT2D eigenvalue weighted by Gasteiger charge is 2.12. The van der Waals surface area contributed by atoms with Crippen LogP contribution in [0.5, 0.6) is 11.5 Å². The van der Waals surface area contributed by atoms with Crippen LogP contribution >= 0.6 is 27.5 Å². The van der Waals surface area contributed by atoms with Gasteiger partial charge in [-0.15, -0.1) is 0 Å². The van der Waals surface area contributed by atoms with Crippen LogP contribution in [0.4, 0.5) is 5.69 Å². The fourth-order valence-corrected chi connectivity index (χ4v) is 2.40. The average Bonchev–Trinajstić information content (AvgIpc) is 2.55. The van der Waals surface area contributed by atoms with E-state index in [1.54, 1.807) is 30.3 Å². The lowest BCUT2D eigenvalue weighted by Gasteiger charge is -2.12. The number of aldehydes is 1. The number of anilines is 1. The Morgan fingerprint density at radius 2 is 2.04 bits per heavy atom. The molecule has 0 aliphatic carbocycles. The lowest BCUT2D eigenvalue weighted by molar-refractivity contribution is -0.118. The molecule has 0 atom stereocenters. The molecular formula is C16H13BrClNO4. The molecule has 7 heteroatoms. The third-order valence-corrected chi connectivity index (χ3v) is 3.93. The van der Waals surface area contributed by atoms with E-state index in [1.165, 1.54) is 13.2 Å². The molecular weight excluding hydrogens is 386 g/mol. The molecule has 0 aliphatic rings. The molecule has 0 heterocycles. The molecule has 120 valence electrons. The number of methoxy groups -OCH3 is 1. The molecule has 2 rings (SSSR count). The second kappa shape index (κ2) is 7.99. The zero-order valence-electron chi connectivity index (χ0n) is 12.1. The molecule has 1 amide bonds. The zero-order chi connectivity index (χ0) is 16.8. The normalized spacial score (nSPS) is 10.0. The minimum Gasteiger partial charge on any atom is -0.493 e. The standard InChI is InChI=1S/C16H13BrClNO4/c1-22-14-7-11(17)10(8-20)6-15(14)23-9-16(21)19-13-5-3-2-4-12(13)18/h2-8H,9H2,1H3,(H,19,21). The van der Waals surface area contributed by atoms with Gasteiger partial charge in [0.15, 0.2) is 24.4 Å². The Balaban J connectivity index is 2.07. The first kappa shape index (κ1) is 17.3. The van der Waals surface area contributed by atoms with Crippen molar-refractivity contribution in [2.75, 3.05) is 19.0 Å². The molecule has 0 saturated carbocycles. The van der Waals surface area contributed by atoms with Gasteiger partial charge >= 0.3 is 0 Å². The Labute approximate surface area is 146 Å². The monoisotopic (exact) mass is 397 g/mol. The van der Waals surface area contributed by atoms with Crippen LogP contribution in [-0.2, 0) is 4.79 Å². The Hall–Kier alpha value is -2.05. The number of nitrogens with one attached hydrogen (secondary N) is 1. The number of carbonyl (C=O) groups is 2. The topological polar surface area (TPSA) is 64.6 Å². The first-order valence-electron chi connectivity index (χ1n) is 6.55. The first-order valence-corrected chi connectivity index (χ1v) is 7.72. The predicted molar refractivity (Wildman–Crippen MR) is 91.7 cm³/mol. The van der Waals surface area contributed by atoms with Crippen molar-refractivity contribution >= 4 is 45.4 Å². The van der Waals surface area contributed by atoms with Crippen LogP contribution in [0, 0.1) is 0 Å². The lowest BCUT2D eigenvalue weighted by atomic mass is 10.2. The smallest absolute Gasteiger partial charge is 0.262 e. The third kappa shape index (κ3) is 4.46. The van der Waals surface area contributed by atoms with E-state index in [0.29, 0.717) is 38.5 Å². The van der Waals surface area contributed by atoms with E-state index < -0.39 is 0 Å². The van der Waals surface area contributed by atoms with Crippen molar-refractivity contribution in [1.29, 1.82) is 0 Å². The average molecular weight is 399 g/mol. The molecule has 0 spiro atoms. The molecule has 0 aliphatic heterocycles. The summed E-state index contributed by atoms with van der Waals surface area (Å²) in [4.78, 5) is 22.9. The minimum atomic E-state index is -0.379. The highest BCUT2D eigenvalue weighted by molar-refractivity contribution is 9.10. The highest BCUT2D eigenvalue weighted by Crippen LogP contribution is 2.32. The van der Waals surface area contributed by atoms with Crippen molar-refractivity contribution in [3.8, 4) is 11.5 Å². The van der Waals surface area contributed by atoms with E-state index in [0.717, 1.165) is 0 Å². The van der Waals surface area contributed by atoms with Gasteiger partial charge in [-0.05, 0) is 40.2 Å². The van der Waals surface area contributed by atoms with Crippen molar-refractivity contribution in [3.05, 3.63) is 51.5 Å². The largest absolute Gasteiger partial charge is 0.493 e. The summed E-state index contributed by atoms with van der Waals surface area (Å²) in [6.45, 7) is -0.248. The van der Waals surface area contributed by atoms with Crippen molar-refractivity contribution < 1.29 is 19.1 Å². The molecule has 5 nitrogen and oxygen atoms in total. The SMILES string of the molecule is COc1cc(Br)c(C=O)cc1OCC(=O)Nc1ccccc1Cl. The molecule has 0 aromatic heterocycles. The number of hydrogen-bond acceptors (Lipinski definition) is 4. The molecule has 2 aromatic carbocycles. The Bertz CT molecular complexity index is 736. The summed E-state index contributed by atoms with van der Waals surface area (Å²) in [5, 5.41) is 3.08. The summed E-state index contributed by atoms with van der Waals surface area (Å²) in [5.41, 5.74) is 0.895. The van der Waals surface area contributed by atoms with Gasteiger partial charge in [0.05, 0.1) is 17.8 Å².